The molecule has 0 unspecified atom stereocenters. The molecule has 0 saturated carbocycles. The van der Waals surface area contributed by atoms with Crippen molar-refractivity contribution in [2.45, 2.75) is 13.0 Å². The highest BCUT2D eigenvalue weighted by molar-refractivity contribution is 5.95. The van der Waals surface area contributed by atoms with E-state index in [1.807, 2.05) is 71.6 Å². The topological polar surface area (TPSA) is 59.2 Å². The average molecular weight is 381 g/mol. The summed E-state index contributed by atoms with van der Waals surface area (Å²) in [5.41, 5.74) is 4.79. The fourth-order valence-electron chi connectivity index (χ4n) is 3.68. The summed E-state index contributed by atoms with van der Waals surface area (Å²) in [5.74, 6) is 0.955. The minimum Gasteiger partial charge on any atom is -0.334 e. The van der Waals surface area contributed by atoms with Crippen molar-refractivity contribution in [1.82, 2.24) is 15.0 Å². The standard InChI is InChI=1S/C24H19N3O2/c28-24(27-14-13-17-7-4-5-10-21(17)16-27)20-12-6-11-19(15-20)23-25-22(26-29-23)18-8-2-1-3-9-18/h1-12,15H,13-14,16H2. The van der Waals surface area contributed by atoms with Crippen molar-refractivity contribution in [2.24, 2.45) is 0 Å². The average Bonchev–Trinajstić information content (AvgIpc) is 3.29. The number of amides is 1. The lowest BCUT2D eigenvalue weighted by Crippen LogP contribution is -2.35. The van der Waals surface area contributed by atoms with Gasteiger partial charge in [0.1, 0.15) is 0 Å². The minimum absolute atomic E-state index is 0.0177. The molecule has 1 amide bonds. The zero-order chi connectivity index (χ0) is 19.6. The molecule has 1 aliphatic rings. The van der Waals surface area contributed by atoms with E-state index in [0.717, 1.165) is 24.1 Å². The Morgan fingerprint density at radius 3 is 2.48 bits per heavy atom. The van der Waals surface area contributed by atoms with E-state index in [1.54, 1.807) is 0 Å². The van der Waals surface area contributed by atoms with E-state index in [0.29, 0.717) is 23.8 Å². The maximum absolute atomic E-state index is 13.1. The van der Waals surface area contributed by atoms with Gasteiger partial charge in [-0.05, 0) is 35.7 Å². The first kappa shape index (κ1) is 17.4. The Bertz CT molecular complexity index is 1170. The second kappa shape index (κ2) is 7.36. The highest BCUT2D eigenvalue weighted by Crippen LogP contribution is 2.25. The number of nitrogens with zero attached hydrogens (tertiary/aromatic N) is 3. The molecular formula is C24H19N3O2. The van der Waals surface area contributed by atoms with E-state index >= 15 is 0 Å². The molecule has 0 bridgehead atoms. The molecule has 0 spiro atoms. The van der Waals surface area contributed by atoms with Gasteiger partial charge < -0.3 is 9.42 Å². The smallest absolute Gasteiger partial charge is 0.258 e. The van der Waals surface area contributed by atoms with Gasteiger partial charge >= 0.3 is 0 Å². The van der Waals surface area contributed by atoms with Crippen LogP contribution in [0.25, 0.3) is 22.8 Å². The molecule has 142 valence electrons. The lowest BCUT2D eigenvalue weighted by atomic mass is 9.99. The number of aromatic nitrogens is 2. The molecule has 5 heteroatoms. The van der Waals surface area contributed by atoms with Crippen molar-refractivity contribution in [3.05, 3.63) is 95.6 Å². The van der Waals surface area contributed by atoms with Gasteiger partial charge in [0, 0.05) is 29.8 Å². The molecule has 0 saturated heterocycles. The Morgan fingerprint density at radius 1 is 0.862 bits per heavy atom. The van der Waals surface area contributed by atoms with Crippen LogP contribution in [0.2, 0.25) is 0 Å². The van der Waals surface area contributed by atoms with E-state index < -0.39 is 0 Å². The van der Waals surface area contributed by atoms with E-state index in [9.17, 15) is 4.79 Å². The molecule has 5 rings (SSSR count). The third kappa shape index (κ3) is 3.43. The zero-order valence-corrected chi connectivity index (χ0v) is 15.8. The van der Waals surface area contributed by atoms with Crippen LogP contribution >= 0.6 is 0 Å². The maximum atomic E-state index is 13.1. The van der Waals surface area contributed by atoms with Gasteiger partial charge in [0.15, 0.2) is 0 Å². The number of rotatable bonds is 3. The molecule has 0 radical (unpaired) electrons. The van der Waals surface area contributed by atoms with Crippen molar-refractivity contribution in [1.29, 1.82) is 0 Å². The lowest BCUT2D eigenvalue weighted by Gasteiger charge is -2.29. The monoisotopic (exact) mass is 381 g/mol. The molecule has 0 atom stereocenters. The van der Waals surface area contributed by atoms with Gasteiger partial charge in [0.25, 0.3) is 11.8 Å². The number of hydrogen-bond donors (Lipinski definition) is 0. The van der Waals surface area contributed by atoms with Crippen LogP contribution in [0.4, 0.5) is 0 Å². The molecular weight excluding hydrogens is 362 g/mol. The summed E-state index contributed by atoms with van der Waals surface area (Å²) in [7, 11) is 0. The fraction of sp³-hybridized carbons (Fsp3) is 0.125. The number of carbonyl (C=O) groups is 1. The van der Waals surface area contributed by atoms with Gasteiger partial charge in [0.2, 0.25) is 5.82 Å². The van der Waals surface area contributed by atoms with Crippen LogP contribution in [-0.2, 0) is 13.0 Å². The van der Waals surface area contributed by atoms with Crippen LogP contribution in [0.15, 0.2) is 83.4 Å². The summed E-state index contributed by atoms with van der Waals surface area (Å²) in [6.45, 7) is 1.36. The molecule has 2 heterocycles. The van der Waals surface area contributed by atoms with Crippen LogP contribution in [-0.4, -0.2) is 27.5 Å². The van der Waals surface area contributed by atoms with Gasteiger partial charge in [-0.1, -0.05) is 65.8 Å². The molecule has 0 N–H and O–H groups in total. The number of hydrogen-bond acceptors (Lipinski definition) is 4. The number of carbonyl (C=O) groups excluding carboxylic acids is 1. The third-order valence-electron chi connectivity index (χ3n) is 5.23. The quantitative estimate of drug-likeness (QED) is 0.520. The molecule has 0 aliphatic carbocycles. The summed E-state index contributed by atoms with van der Waals surface area (Å²) in [6.07, 6.45) is 0.881. The molecule has 1 aromatic heterocycles. The molecule has 4 aromatic rings. The first-order valence-corrected chi connectivity index (χ1v) is 9.63. The lowest BCUT2D eigenvalue weighted by molar-refractivity contribution is 0.0735. The van der Waals surface area contributed by atoms with E-state index in [1.165, 1.54) is 11.1 Å². The van der Waals surface area contributed by atoms with Crippen LogP contribution < -0.4 is 0 Å². The molecule has 29 heavy (non-hydrogen) atoms. The molecule has 0 fully saturated rings. The van der Waals surface area contributed by atoms with Crippen LogP contribution in [0.3, 0.4) is 0 Å². The number of fused-ring (bicyclic) bond motifs is 1. The van der Waals surface area contributed by atoms with E-state index in [2.05, 4.69) is 22.3 Å². The Kier molecular flexibility index (Phi) is 4.41. The van der Waals surface area contributed by atoms with E-state index in [4.69, 9.17) is 4.52 Å². The van der Waals surface area contributed by atoms with E-state index in [-0.39, 0.29) is 5.91 Å². The molecule has 3 aromatic carbocycles. The summed E-state index contributed by atoms with van der Waals surface area (Å²) in [4.78, 5) is 19.5. The summed E-state index contributed by atoms with van der Waals surface area (Å²) >= 11 is 0. The Morgan fingerprint density at radius 2 is 1.62 bits per heavy atom. The maximum Gasteiger partial charge on any atom is 0.258 e. The van der Waals surface area contributed by atoms with Gasteiger partial charge in [-0.25, -0.2) is 0 Å². The Labute approximate surface area is 168 Å². The van der Waals surface area contributed by atoms with Crippen LogP contribution in [0, 0.1) is 0 Å². The van der Waals surface area contributed by atoms with Gasteiger partial charge in [-0.3, -0.25) is 4.79 Å². The molecule has 5 nitrogen and oxygen atoms in total. The summed E-state index contributed by atoms with van der Waals surface area (Å²) in [6, 6.07) is 25.4. The zero-order valence-electron chi connectivity index (χ0n) is 15.8. The van der Waals surface area contributed by atoms with Crippen LogP contribution in [0.1, 0.15) is 21.5 Å². The number of benzene rings is 3. The first-order chi connectivity index (χ1) is 14.3. The van der Waals surface area contributed by atoms with Gasteiger partial charge in [0.05, 0.1) is 0 Å². The summed E-state index contributed by atoms with van der Waals surface area (Å²) < 4.78 is 5.45. The Hall–Kier alpha value is -3.73. The second-order valence-corrected chi connectivity index (χ2v) is 7.12. The van der Waals surface area contributed by atoms with Crippen LogP contribution in [0.5, 0.6) is 0 Å². The predicted molar refractivity (Wildman–Crippen MR) is 110 cm³/mol. The Balaban J connectivity index is 1.39. The fourth-order valence-corrected chi connectivity index (χ4v) is 3.68. The van der Waals surface area contributed by atoms with Gasteiger partial charge in [-0.2, -0.15) is 4.98 Å². The molecule has 1 aliphatic heterocycles. The van der Waals surface area contributed by atoms with Crippen molar-refractivity contribution in [2.75, 3.05) is 6.54 Å². The third-order valence-corrected chi connectivity index (χ3v) is 5.23. The van der Waals surface area contributed by atoms with Crippen molar-refractivity contribution >= 4 is 5.91 Å². The first-order valence-electron chi connectivity index (χ1n) is 9.63. The van der Waals surface area contributed by atoms with Gasteiger partial charge in [-0.15, -0.1) is 0 Å². The summed E-state index contributed by atoms with van der Waals surface area (Å²) in [5, 5.41) is 4.07. The largest absolute Gasteiger partial charge is 0.334 e. The highest BCUT2D eigenvalue weighted by Gasteiger charge is 2.22. The van der Waals surface area contributed by atoms with Crippen molar-refractivity contribution in [3.63, 3.8) is 0 Å². The highest BCUT2D eigenvalue weighted by atomic mass is 16.5. The minimum atomic E-state index is 0.0177. The second-order valence-electron chi connectivity index (χ2n) is 7.12. The SMILES string of the molecule is O=C(c1cccc(-c2nc(-c3ccccc3)no2)c1)N1CCc2ccccc2C1. The van der Waals surface area contributed by atoms with Crippen molar-refractivity contribution in [3.8, 4) is 22.8 Å². The predicted octanol–water partition coefficient (Wildman–Crippen LogP) is 4.60. The van der Waals surface area contributed by atoms with Crippen molar-refractivity contribution < 1.29 is 9.32 Å². The normalized spacial score (nSPS) is 13.2.